The summed E-state index contributed by atoms with van der Waals surface area (Å²) in [5.41, 5.74) is 8.06. The molecule has 1 aliphatic heterocycles. The zero-order valence-corrected chi connectivity index (χ0v) is 11.7. The molecular formula is C14H17N3OS. The van der Waals surface area contributed by atoms with Gasteiger partial charge in [0.05, 0.1) is 0 Å². The maximum absolute atomic E-state index is 12.4. The molecule has 3 N–H and O–H groups in total. The van der Waals surface area contributed by atoms with Gasteiger partial charge in [-0.15, -0.1) is 0 Å². The lowest BCUT2D eigenvalue weighted by atomic mass is 10.2. The second kappa shape index (κ2) is 4.81. The summed E-state index contributed by atoms with van der Waals surface area (Å²) >= 11 is 1.91. The van der Waals surface area contributed by atoms with Crippen molar-refractivity contribution in [3.63, 3.8) is 0 Å². The van der Waals surface area contributed by atoms with Crippen LogP contribution in [0.1, 0.15) is 16.9 Å². The largest absolute Gasteiger partial charge is 0.399 e. The molecule has 1 unspecified atom stereocenters. The average molecular weight is 275 g/mol. The number of hydrogen-bond acceptors (Lipinski definition) is 3. The number of H-pyrrole nitrogens is 1. The van der Waals surface area contributed by atoms with E-state index in [0.29, 0.717) is 17.4 Å². The summed E-state index contributed by atoms with van der Waals surface area (Å²) in [5, 5.41) is 0.984. The van der Waals surface area contributed by atoms with Gasteiger partial charge in [-0.3, -0.25) is 4.79 Å². The van der Waals surface area contributed by atoms with Crippen molar-refractivity contribution in [3.8, 4) is 0 Å². The van der Waals surface area contributed by atoms with Crippen molar-refractivity contribution in [1.29, 1.82) is 0 Å². The molecule has 3 rings (SSSR count). The molecule has 0 saturated carbocycles. The number of hydrogen-bond donors (Lipinski definition) is 2. The summed E-state index contributed by atoms with van der Waals surface area (Å²) in [6.45, 7) is 0. The van der Waals surface area contributed by atoms with Gasteiger partial charge < -0.3 is 15.6 Å². The molecule has 1 atom stereocenters. The van der Waals surface area contributed by atoms with E-state index in [2.05, 4.69) is 4.98 Å². The van der Waals surface area contributed by atoms with E-state index in [1.807, 2.05) is 48.0 Å². The Morgan fingerprint density at radius 1 is 1.47 bits per heavy atom. The van der Waals surface area contributed by atoms with E-state index in [1.165, 1.54) is 0 Å². The molecule has 100 valence electrons. The molecule has 19 heavy (non-hydrogen) atoms. The number of nitrogens with one attached hydrogen (secondary N) is 1. The maximum atomic E-state index is 12.4. The molecule has 1 amide bonds. The Balaban J connectivity index is 1.88. The number of nitrogens with zero attached hydrogens (tertiary/aromatic N) is 1. The van der Waals surface area contributed by atoms with Gasteiger partial charge in [-0.05, 0) is 36.4 Å². The number of amides is 1. The van der Waals surface area contributed by atoms with E-state index in [-0.39, 0.29) is 5.91 Å². The third-order valence-corrected chi connectivity index (χ3v) is 4.79. The molecule has 0 aliphatic carbocycles. The highest BCUT2D eigenvalue weighted by molar-refractivity contribution is 7.99. The predicted octanol–water partition coefficient (Wildman–Crippen LogP) is 2.33. The smallest absolute Gasteiger partial charge is 0.270 e. The summed E-state index contributed by atoms with van der Waals surface area (Å²) < 4.78 is 0. The zero-order chi connectivity index (χ0) is 13.4. The van der Waals surface area contributed by atoms with Crippen molar-refractivity contribution < 1.29 is 4.79 Å². The van der Waals surface area contributed by atoms with Crippen LogP contribution in [0.5, 0.6) is 0 Å². The number of nitrogen functional groups attached to an aromatic ring is 1. The summed E-state index contributed by atoms with van der Waals surface area (Å²) in [7, 11) is 1.89. The van der Waals surface area contributed by atoms with E-state index in [1.54, 1.807) is 0 Å². The molecule has 1 aromatic heterocycles. The SMILES string of the molecule is CN(C(=O)c1cc2cc(N)ccc2[nH]1)C1CCSC1. The normalized spacial score (nSPS) is 18.9. The molecule has 2 heterocycles. The molecule has 2 aromatic rings. The highest BCUT2D eigenvalue weighted by Gasteiger charge is 2.25. The number of carbonyl (C=O) groups is 1. The summed E-state index contributed by atoms with van der Waals surface area (Å²) in [5.74, 6) is 2.24. The highest BCUT2D eigenvalue weighted by atomic mass is 32.2. The van der Waals surface area contributed by atoms with Gasteiger partial charge in [-0.1, -0.05) is 0 Å². The highest BCUT2D eigenvalue weighted by Crippen LogP contribution is 2.24. The van der Waals surface area contributed by atoms with Crippen molar-refractivity contribution in [2.45, 2.75) is 12.5 Å². The van der Waals surface area contributed by atoms with Crippen LogP contribution in [0.4, 0.5) is 5.69 Å². The van der Waals surface area contributed by atoms with Crippen LogP contribution in [0, 0.1) is 0 Å². The first-order chi connectivity index (χ1) is 9.15. The molecule has 4 nitrogen and oxygen atoms in total. The van der Waals surface area contributed by atoms with Gasteiger partial charge >= 0.3 is 0 Å². The van der Waals surface area contributed by atoms with Crippen molar-refractivity contribution >= 4 is 34.3 Å². The fourth-order valence-electron chi connectivity index (χ4n) is 2.45. The van der Waals surface area contributed by atoms with E-state index in [4.69, 9.17) is 5.73 Å². The van der Waals surface area contributed by atoms with Crippen LogP contribution >= 0.6 is 11.8 Å². The van der Waals surface area contributed by atoms with E-state index in [0.717, 1.165) is 28.8 Å². The Morgan fingerprint density at radius 2 is 2.32 bits per heavy atom. The molecule has 1 fully saturated rings. The monoisotopic (exact) mass is 275 g/mol. The van der Waals surface area contributed by atoms with Gasteiger partial charge in [0.2, 0.25) is 0 Å². The van der Waals surface area contributed by atoms with Crippen molar-refractivity contribution in [3.05, 3.63) is 30.0 Å². The minimum absolute atomic E-state index is 0.0577. The lowest BCUT2D eigenvalue weighted by molar-refractivity contribution is 0.0743. The first-order valence-corrected chi connectivity index (χ1v) is 7.54. The molecule has 0 bridgehead atoms. The third-order valence-electron chi connectivity index (χ3n) is 3.65. The number of thioether (sulfide) groups is 1. The standard InChI is InChI=1S/C14H17N3OS/c1-17(11-4-5-19-8-11)14(18)13-7-9-6-10(15)2-3-12(9)16-13/h2-3,6-7,11,16H,4-5,8,15H2,1H3. The maximum Gasteiger partial charge on any atom is 0.270 e. The van der Waals surface area contributed by atoms with Gasteiger partial charge in [0.25, 0.3) is 5.91 Å². The van der Waals surface area contributed by atoms with Crippen LogP contribution in [0.25, 0.3) is 10.9 Å². The average Bonchev–Trinajstić information content (AvgIpc) is 3.05. The Bertz CT molecular complexity index is 616. The zero-order valence-electron chi connectivity index (χ0n) is 10.8. The Labute approximate surface area is 116 Å². The molecule has 0 radical (unpaired) electrons. The Kier molecular flexibility index (Phi) is 3.14. The minimum Gasteiger partial charge on any atom is -0.399 e. The van der Waals surface area contributed by atoms with Gasteiger partial charge in [0.1, 0.15) is 5.69 Å². The topological polar surface area (TPSA) is 62.1 Å². The number of aromatic amines is 1. The molecule has 1 saturated heterocycles. The first-order valence-electron chi connectivity index (χ1n) is 6.38. The van der Waals surface area contributed by atoms with Crippen molar-refractivity contribution in [2.24, 2.45) is 0 Å². The van der Waals surface area contributed by atoms with E-state index in [9.17, 15) is 4.79 Å². The number of nitrogens with two attached hydrogens (primary N) is 1. The number of carbonyl (C=O) groups excluding carboxylic acids is 1. The fourth-order valence-corrected chi connectivity index (χ4v) is 3.72. The lowest BCUT2D eigenvalue weighted by Gasteiger charge is -2.23. The summed E-state index contributed by atoms with van der Waals surface area (Å²) in [4.78, 5) is 17.5. The Hall–Kier alpha value is -1.62. The van der Waals surface area contributed by atoms with Gasteiger partial charge in [-0.25, -0.2) is 0 Å². The lowest BCUT2D eigenvalue weighted by Crippen LogP contribution is -2.37. The van der Waals surface area contributed by atoms with Crippen LogP contribution in [0.2, 0.25) is 0 Å². The summed E-state index contributed by atoms with van der Waals surface area (Å²) in [6, 6.07) is 7.87. The van der Waals surface area contributed by atoms with Crippen LogP contribution in [-0.4, -0.2) is 40.4 Å². The molecule has 0 spiro atoms. The van der Waals surface area contributed by atoms with Gasteiger partial charge in [0.15, 0.2) is 0 Å². The van der Waals surface area contributed by atoms with E-state index >= 15 is 0 Å². The number of aromatic nitrogens is 1. The second-order valence-corrected chi connectivity index (χ2v) is 6.11. The van der Waals surface area contributed by atoms with Crippen LogP contribution < -0.4 is 5.73 Å². The molecule has 1 aliphatic rings. The van der Waals surface area contributed by atoms with Crippen molar-refractivity contribution in [1.82, 2.24) is 9.88 Å². The second-order valence-electron chi connectivity index (χ2n) is 4.96. The minimum atomic E-state index is 0.0577. The van der Waals surface area contributed by atoms with Crippen LogP contribution in [0.3, 0.4) is 0 Å². The molecule has 5 heteroatoms. The van der Waals surface area contributed by atoms with Gasteiger partial charge in [0, 0.05) is 35.4 Å². The van der Waals surface area contributed by atoms with Crippen molar-refractivity contribution in [2.75, 3.05) is 24.3 Å². The van der Waals surface area contributed by atoms with Crippen LogP contribution in [-0.2, 0) is 0 Å². The Morgan fingerprint density at radius 3 is 3.05 bits per heavy atom. The number of benzene rings is 1. The fraction of sp³-hybridized carbons (Fsp3) is 0.357. The number of anilines is 1. The molecule has 1 aromatic carbocycles. The number of fused-ring (bicyclic) bond motifs is 1. The third kappa shape index (κ3) is 2.30. The quantitative estimate of drug-likeness (QED) is 0.827. The van der Waals surface area contributed by atoms with Crippen LogP contribution in [0.15, 0.2) is 24.3 Å². The van der Waals surface area contributed by atoms with Gasteiger partial charge in [-0.2, -0.15) is 11.8 Å². The van der Waals surface area contributed by atoms with E-state index < -0.39 is 0 Å². The summed E-state index contributed by atoms with van der Waals surface area (Å²) in [6.07, 6.45) is 1.08. The molecular weight excluding hydrogens is 258 g/mol. The predicted molar refractivity (Wildman–Crippen MR) is 80.5 cm³/mol. The first kappa shape index (κ1) is 12.4. The number of rotatable bonds is 2.